The molecular formula is C14H20N2. The topological polar surface area (TPSA) is 15.3 Å². The van der Waals surface area contributed by atoms with Gasteiger partial charge in [0, 0.05) is 31.4 Å². The lowest BCUT2D eigenvalue weighted by atomic mass is 10.1. The van der Waals surface area contributed by atoms with Gasteiger partial charge in [0.25, 0.3) is 0 Å². The molecular weight excluding hydrogens is 196 g/mol. The van der Waals surface area contributed by atoms with Gasteiger partial charge in [0.1, 0.15) is 0 Å². The predicted octanol–water partition coefficient (Wildman–Crippen LogP) is 2.56. The van der Waals surface area contributed by atoms with Crippen molar-refractivity contribution in [1.82, 2.24) is 5.32 Å². The number of benzene rings is 1. The Kier molecular flexibility index (Phi) is 3.62. The summed E-state index contributed by atoms with van der Waals surface area (Å²) in [7, 11) is 0. The van der Waals surface area contributed by atoms with Crippen LogP contribution in [-0.2, 0) is 6.54 Å². The highest BCUT2D eigenvalue weighted by molar-refractivity contribution is 5.55. The first-order valence-corrected chi connectivity index (χ1v) is 6.02. The summed E-state index contributed by atoms with van der Waals surface area (Å²) in [5.41, 5.74) is 2.74. The van der Waals surface area contributed by atoms with Crippen molar-refractivity contribution in [3.8, 4) is 0 Å². The lowest BCUT2D eigenvalue weighted by Crippen LogP contribution is -2.37. The third kappa shape index (κ3) is 2.27. The molecule has 2 heteroatoms. The highest BCUT2D eigenvalue weighted by atomic mass is 15.2. The normalized spacial score (nSPS) is 20.1. The van der Waals surface area contributed by atoms with Crippen molar-refractivity contribution in [3.05, 3.63) is 42.5 Å². The summed E-state index contributed by atoms with van der Waals surface area (Å²) in [6, 6.07) is 9.21. The molecule has 0 saturated carbocycles. The van der Waals surface area contributed by atoms with Crippen LogP contribution in [0.25, 0.3) is 0 Å². The van der Waals surface area contributed by atoms with Gasteiger partial charge in [-0.25, -0.2) is 0 Å². The Labute approximate surface area is 98.0 Å². The van der Waals surface area contributed by atoms with Crippen LogP contribution in [0, 0.1) is 0 Å². The van der Waals surface area contributed by atoms with Gasteiger partial charge < -0.3 is 10.2 Å². The molecule has 0 spiro atoms. The van der Waals surface area contributed by atoms with E-state index in [1.54, 1.807) is 0 Å². The van der Waals surface area contributed by atoms with Crippen LogP contribution >= 0.6 is 0 Å². The van der Waals surface area contributed by atoms with Crippen LogP contribution < -0.4 is 10.2 Å². The van der Waals surface area contributed by atoms with Crippen molar-refractivity contribution in [2.45, 2.75) is 25.9 Å². The number of hydrogen-bond donors (Lipinski definition) is 1. The number of hydrogen-bond acceptors (Lipinski definition) is 2. The van der Waals surface area contributed by atoms with Crippen molar-refractivity contribution in [1.29, 1.82) is 0 Å². The molecule has 0 bridgehead atoms. The highest BCUT2D eigenvalue weighted by Gasteiger charge is 2.18. The summed E-state index contributed by atoms with van der Waals surface area (Å²) >= 11 is 0. The molecule has 0 radical (unpaired) electrons. The van der Waals surface area contributed by atoms with Gasteiger partial charge in [-0.1, -0.05) is 31.2 Å². The fraction of sp³-hybridized carbons (Fsp3) is 0.429. The Morgan fingerprint density at radius 1 is 1.50 bits per heavy atom. The first-order chi connectivity index (χ1) is 7.85. The number of nitrogens with one attached hydrogen (secondary N) is 1. The Hall–Kier alpha value is -1.28. The van der Waals surface area contributed by atoms with E-state index in [2.05, 4.69) is 48.0 Å². The second-order valence-electron chi connectivity index (χ2n) is 4.31. The lowest BCUT2D eigenvalue weighted by Gasteiger charge is -2.25. The molecule has 0 aromatic heterocycles. The van der Waals surface area contributed by atoms with Crippen molar-refractivity contribution < 1.29 is 0 Å². The SMILES string of the molecule is C=CCN1CC(CC)NCc2ccccc21. The number of anilines is 1. The van der Waals surface area contributed by atoms with E-state index in [1.807, 2.05) is 6.08 Å². The van der Waals surface area contributed by atoms with Crippen LogP contribution in [0.15, 0.2) is 36.9 Å². The molecule has 86 valence electrons. The zero-order valence-corrected chi connectivity index (χ0v) is 9.95. The predicted molar refractivity (Wildman–Crippen MR) is 69.8 cm³/mol. The fourth-order valence-corrected chi connectivity index (χ4v) is 2.25. The molecule has 1 N–H and O–H groups in total. The van der Waals surface area contributed by atoms with Crippen molar-refractivity contribution >= 4 is 5.69 Å². The molecule has 1 atom stereocenters. The third-order valence-electron chi connectivity index (χ3n) is 3.20. The molecule has 1 aromatic rings. The van der Waals surface area contributed by atoms with E-state index in [4.69, 9.17) is 0 Å². The maximum atomic E-state index is 3.85. The van der Waals surface area contributed by atoms with Crippen LogP contribution in [0.4, 0.5) is 5.69 Å². The van der Waals surface area contributed by atoms with E-state index >= 15 is 0 Å². The van der Waals surface area contributed by atoms with Gasteiger partial charge >= 0.3 is 0 Å². The summed E-state index contributed by atoms with van der Waals surface area (Å²) in [5.74, 6) is 0. The molecule has 0 amide bonds. The molecule has 16 heavy (non-hydrogen) atoms. The number of fused-ring (bicyclic) bond motifs is 1. The maximum Gasteiger partial charge on any atom is 0.0415 e. The smallest absolute Gasteiger partial charge is 0.0415 e. The molecule has 0 saturated heterocycles. The minimum Gasteiger partial charge on any atom is -0.366 e. The summed E-state index contributed by atoms with van der Waals surface area (Å²) in [6.07, 6.45) is 3.15. The molecule has 1 aliphatic heterocycles. The van der Waals surface area contributed by atoms with Gasteiger partial charge in [-0.05, 0) is 18.1 Å². The first-order valence-electron chi connectivity index (χ1n) is 6.02. The zero-order valence-electron chi connectivity index (χ0n) is 9.95. The van der Waals surface area contributed by atoms with E-state index in [0.29, 0.717) is 6.04 Å². The summed E-state index contributed by atoms with van der Waals surface area (Å²) in [5, 5.41) is 3.60. The standard InChI is InChI=1S/C14H20N2/c1-3-9-16-11-13(4-2)15-10-12-7-5-6-8-14(12)16/h3,5-8,13,15H,1,4,9-11H2,2H3. The quantitative estimate of drug-likeness (QED) is 0.781. The second-order valence-corrected chi connectivity index (χ2v) is 4.31. The van der Waals surface area contributed by atoms with E-state index in [0.717, 1.165) is 19.6 Å². The molecule has 1 aliphatic rings. The zero-order chi connectivity index (χ0) is 11.4. The Bertz CT molecular complexity index is 360. The minimum atomic E-state index is 0.576. The monoisotopic (exact) mass is 216 g/mol. The van der Waals surface area contributed by atoms with Gasteiger partial charge in [-0.3, -0.25) is 0 Å². The van der Waals surface area contributed by atoms with E-state index in [1.165, 1.54) is 17.7 Å². The van der Waals surface area contributed by atoms with Crippen molar-refractivity contribution in [3.63, 3.8) is 0 Å². The highest BCUT2D eigenvalue weighted by Crippen LogP contribution is 2.23. The average molecular weight is 216 g/mol. The number of rotatable bonds is 3. The van der Waals surface area contributed by atoms with Crippen LogP contribution in [-0.4, -0.2) is 19.1 Å². The van der Waals surface area contributed by atoms with Gasteiger partial charge in [-0.2, -0.15) is 0 Å². The Morgan fingerprint density at radius 3 is 3.06 bits per heavy atom. The Morgan fingerprint density at radius 2 is 2.31 bits per heavy atom. The van der Waals surface area contributed by atoms with Gasteiger partial charge in [0.2, 0.25) is 0 Å². The van der Waals surface area contributed by atoms with Gasteiger partial charge in [-0.15, -0.1) is 6.58 Å². The minimum absolute atomic E-state index is 0.576. The summed E-state index contributed by atoms with van der Waals surface area (Å²) < 4.78 is 0. The van der Waals surface area contributed by atoms with Crippen LogP contribution in [0.5, 0.6) is 0 Å². The molecule has 0 fully saturated rings. The molecule has 1 unspecified atom stereocenters. The van der Waals surface area contributed by atoms with E-state index in [-0.39, 0.29) is 0 Å². The van der Waals surface area contributed by atoms with Gasteiger partial charge in [0.15, 0.2) is 0 Å². The van der Waals surface area contributed by atoms with Crippen molar-refractivity contribution in [2.75, 3.05) is 18.0 Å². The van der Waals surface area contributed by atoms with Crippen LogP contribution in [0.2, 0.25) is 0 Å². The average Bonchev–Trinajstić information content (AvgIpc) is 2.50. The molecule has 1 heterocycles. The molecule has 2 nitrogen and oxygen atoms in total. The molecule has 1 aromatic carbocycles. The Balaban J connectivity index is 2.28. The van der Waals surface area contributed by atoms with Crippen LogP contribution in [0.1, 0.15) is 18.9 Å². The molecule has 0 aliphatic carbocycles. The van der Waals surface area contributed by atoms with Gasteiger partial charge in [0.05, 0.1) is 0 Å². The number of nitrogens with zero attached hydrogens (tertiary/aromatic N) is 1. The molecule has 2 rings (SSSR count). The number of para-hydroxylation sites is 1. The van der Waals surface area contributed by atoms with E-state index in [9.17, 15) is 0 Å². The van der Waals surface area contributed by atoms with Crippen molar-refractivity contribution in [2.24, 2.45) is 0 Å². The lowest BCUT2D eigenvalue weighted by molar-refractivity contribution is 0.507. The fourth-order valence-electron chi connectivity index (χ4n) is 2.25. The summed E-state index contributed by atoms with van der Waals surface area (Å²) in [6.45, 7) is 9.05. The second kappa shape index (κ2) is 5.17. The largest absolute Gasteiger partial charge is 0.366 e. The first kappa shape index (κ1) is 11.2. The third-order valence-corrected chi connectivity index (χ3v) is 3.20. The maximum absolute atomic E-state index is 3.85. The van der Waals surface area contributed by atoms with Crippen LogP contribution in [0.3, 0.4) is 0 Å². The van der Waals surface area contributed by atoms with E-state index < -0.39 is 0 Å². The summed E-state index contributed by atoms with van der Waals surface area (Å²) in [4.78, 5) is 2.41.